The molecule has 5 nitrogen and oxygen atoms in total. The third-order valence-electron chi connectivity index (χ3n) is 8.47. The molecule has 41 heavy (non-hydrogen) atoms. The molecule has 1 spiro atoms. The van der Waals surface area contributed by atoms with Gasteiger partial charge in [-0.15, -0.1) is 0 Å². The molecule has 2 aliphatic carbocycles. The van der Waals surface area contributed by atoms with Crippen LogP contribution in [0.25, 0.3) is 6.08 Å². The van der Waals surface area contributed by atoms with Crippen molar-refractivity contribution in [2.75, 3.05) is 13.1 Å². The zero-order valence-electron chi connectivity index (χ0n) is 24.2. The number of likely N-dealkylation sites (tertiary alicyclic amines) is 1. The number of esters is 1. The average molecular weight is 569 g/mol. The summed E-state index contributed by atoms with van der Waals surface area (Å²) in [7, 11) is 0. The van der Waals surface area contributed by atoms with E-state index in [1.807, 2.05) is 70.2 Å². The third kappa shape index (κ3) is 6.69. The summed E-state index contributed by atoms with van der Waals surface area (Å²) in [5, 5.41) is 0. The van der Waals surface area contributed by atoms with E-state index in [-0.39, 0.29) is 29.4 Å². The van der Waals surface area contributed by atoms with E-state index in [1.54, 1.807) is 12.1 Å². The van der Waals surface area contributed by atoms with Gasteiger partial charge >= 0.3 is 18.1 Å². The van der Waals surface area contributed by atoms with E-state index in [0.717, 1.165) is 36.2 Å². The molecule has 2 saturated carbocycles. The van der Waals surface area contributed by atoms with Crippen LogP contribution in [0.15, 0.2) is 60.2 Å². The highest BCUT2D eigenvalue weighted by Crippen LogP contribution is 2.55. The number of carbonyl (C=O) groups is 2. The topological polar surface area (TPSA) is 49.9 Å². The normalized spacial score (nSPS) is 22.6. The molecule has 220 valence electrons. The van der Waals surface area contributed by atoms with E-state index >= 15 is 0 Å². The van der Waals surface area contributed by atoms with E-state index in [9.17, 15) is 22.8 Å². The minimum atomic E-state index is -4.87. The van der Waals surface area contributed by atoms with Gasteiger partial charge in [0.1, 0.15) is 5.60 Å². The smallest absolute Gasteiger partial charge is 0.456 e. The summed E-state index contributed by atoms with van der Waals surface area (Å²) in [6, 6.07) is 16.4. The number of hydrogen-bond donors (Lipinski definition) is 0. The standard InChI is InChI=1S/C33H39F3N2O3/c1-5-24(15-22-9-7-6-8-10-22)27-16-28(27)38(30(40)33(34,35)36)26-17-32(18-26)20-37(21-32)19-23-11-13-25(14-12-23)29(39)41-31(2,3)4/h6-15,26-28H,5,16-21H2,1-4H3/b24-15+/t27-,28+/m0/s1. The Kier molecular flexibility index (Phi) is 7.83. The molecule has 3 aliphatic rings. The molecule has 0 bridgehead atoms. The van der Waals surface area contributed by atoms with Gasteiger partial charge in [0.05, 0.1) is 5.56 Å². The van der Waals surface area contributed by atoms with Gasteiger partial charge in [-0.1, -0.05) is 61.0 Å². The van der Waals surface area contributed by atoms with Gasteiger partial charge in [0.25, 0.3) is 0 Å². The zero-order chi connectivity index (χ0) is 29.6. The fourth-order valence-corrected chi connectivity index (χ4v) is 6.61. The summed E-state index contributed by atoms with van der Waals surface area (Å²) in [6.07, 6.45) is -0.267. The van der Waals surface area contributed by atoms with Crippen molar-refractivity contribution in [2.45, 2.75) is 83.8 Å². The van der Waals surface area contributed by atoms with Crippen molar-refractivity contribution in [3.05, 3.63) is 76.9 Å². The Labute approximate surface area is 240 Å². The highest BCUT2D eigenvalue weighted by atomic mass is 19.4. The number of nitrogens with zero attached hydrogens (tertiary/aromatic N) is 2. The molecule has 0 N–H and O–H groups in total. The summed E-state index contributed by atoms with van der Waals surface area (Å²) in [4.78, 5) is 28.3. The molecule has 2 aromatic carbocycles. The van der Waals surface area contributed by atoms with Crippen molar-refractivity contribution in [1.82, 2.24) is 9.80 Å². The van der Waals surface area contributed by atoms with Gasteiger partial charge < -0.3 is 9.64 Å². The predicted molar refractivity (Wildman–Crippen MR) is 152 cm³/mol. The first kappa shape index (κ1) is 29.4. The van der Waals surface area contributed by atoms with Crippen molar-refractivity contribution in [1.29, 1.82) is 0 Å². The molecule has 3 fully saturated rings. The number of hydrogen-bond acceptors (Lipinski definition) is 4. The van der Waals surface area contributed by atoms with Crippen LogP contribution in [-0.4, -0.2) is 58.6 Å². The third-order valence-corrected chi connectivity index (χ3v) is 8.47. The first-order valence-corrected chi connectivity index (χ1v) is 14.5. The number of benzene rings is 2. The van der Waals surface area contributed by atoms with Gasteiger partial charge in [-0.05, 0) is 75.1 Å². The number of rotatable bonds is 8. The molecule has 2 atom stereocenters. The van der Waals surface area contributed by atoms with E-state index in [1.165, 1.54) is 4.90 Å². The average Bonchev–Trinajstić information content (AvgIpc) is 3.64. The van der Waals surface area contributed by atoms with Crippen LogP contribution in [0.4, 0.5) is 13.2 Å². The minimum Gasteiger partial charge on any atom is -0.456 e. The van der Waals surface area contributed by atoms with Crippen LogP contribution < -0.4 is 0 Å². The number of ether oxygens (including phenoxy) is 1. The number of carbonyl (C=O) groups excluding carboxylic acids is 2. The molecule has 0 aromatic heterocycles. The molecule has 1 saturated heterocycles. The van der Waals surface area contributed by atoms with E-state index in [4.69, 9.17) is 4.74 Å². The molecule has 1 heterocycles. The van der Waals surface area contributed by atoms with Crippen LogP contribution in [0.1, 0.15) is 74.9 Å². The fraction of sp³-hybridized carbons (Fsp3) is 0.515. The number of amides is 1. The Hall–Kier alpha value is -3.13. The quantitative estimate of drug-likeness (QED) is 0.326. The molecule has 0 radical (unpaired) electrons. The van der Waals surface area contributed by atoms with Crippen LogP contribution in [0.5, 0.6) is 0 Å². The van der Waals surface area contributed by atoms with Crippen molar-refractivity contribution in [2.24, 2.45) is 11.3 Å². The monoisotopic (exact) mass is 568 g/mol. The fourth-order valence-electron chi connectivity index (χ4n) is 6.61. The van der Waals surface area contributed by atoms with Crippen molar-refractivity contribution in [3.8, 4) is 0 Å². The Balaban J connectivity index is 1.17. The maximum absolute atomic E-state index is 13.7. The summed E-state index contributed by atoms with van der Waals surface area (Å²) in [6.45, 7) is 9.82. The number of alkyl halides is 3. The first-order chi connectivity index (χ1) is 19.3. The second-order valence-electron chi connectivity index (χ2n) is 13.0. The molecule has 1 amide bonds. The second-order valence-corrected chi connectivity index (χ2v) is 13.0. The lowest BCUT2D eigenvalue weighted by Gasteiger charge is -2.61. The van der Waals surface area contributed by atoms with Crippen molar-refractivity contribution in [3.63, 3.8) is 0 Å². The van der Waals surface area contributed by atoms with Gasteiger partial charge in [-0.25, -0.2) is 4.79 Å². The summed E-state index contributed by atoms with van der Waals surface area (Å²) < 4.78 is 46.4. The van der Waals surface area contributed by atoms with Crippen LogP contribution in [0.2, 0.25) is 0 Å². The summed E-state index contributed by atoms with van der Waals surface area (Å²) >= 11 is 0. The summed E-state index contributed by atoms with van der Waals surface area (Å²) in [5.74, 6) is -2.07. The Morgan fingerprint density at radius 2 is 1.66 bits per heavy atom. The minimum absolute atomic E-state index is 0.0235. The molecule has 2 aromatic rings. The van der Waals surface area contributed by atoms with E-state index in [0.29, 0.717) is 31.4 Å². The Morgan fingerprint density at radius 1 is 1.02 bits per heavy atom. The van der Waals surface area contributed by atoms with E-state index < -0.39 is 17.7 Å². The maximum atomic E-state index is 13.7. The van der Waals surface area contributed by atoms with E-state index in [2.05, 4.69) is 11.0 Å². The van der Waals surface area contributed by atoms with Gasteiger partial charge in [-0.3, -0.25) is 9.69 Å². The first-order valence-electron chi connectivity index (χ1n) is 14.5. The molecular weight excluding hydrogens is 529 g/mol. The van der Waals surface area contributed by atoms with Crippen molar-refractivity contribution < 1.29 is 27.5 Å². The largest absolute Gasteiger partial charge is 0.471 e. The lowest BCUT2D eigenvalue weighted by molar-refractivity contribution is -0.197. The maximum Gasteiger partial charge on any atom is 0.471 e. The van der Waals surface area contributed by atoms with Gasteiger partial charge in [0.2, 0.25) is 0 Å². The van der Waals surface area contributed by atoms with Crippen LogP contribution in [0, 0.1) is 11.3 Å². The molecule has 0 unspecified atom stereocenters. The second kappa shape index (κ2) is 10.9. The van der Waals surface area contributed by atoms with Crippen LogP contribution >= 0.6 is 0 Å². The van der Waals surface area contributed by atoms with Gasteiger partial charge in [0.15, 0.2) is 0 Å². The SMILES string of the molecule is CC/C(=C\c1ccccc1)[C@@H]1C[C@H]1N(C(=O)C(F)(F)F)C1CC2(C1)CN(Cc1ccc(C(=O)OC(C)(C)C)cc1)C2. The molecule has 1 aliphatic heterocycles. The van der Waals surface area contributed by atoms with Crippen LogP contribution in [0.3, 0.4) is 0 Å². The molecule has 8 heteroatoms. The van der Waals surface area contributed by atoms with Gasteiger partial charge in [0, 0.05) is 37.6 Å². The van der Waals surface area contributed by atoms with Crippen LogP contribution in [-0.2, 0) is 16.1 Å². The number of halogens is 3. The zero-order valence-corrected chi connectivity index (χ0v) is 24.2. The predicted octanol–water partition coefficient (Wildman–Crippen LogP) is 6.88. The molecule has 5 rings (SSSR count). The lowest BCUT2D eigenvalue weighted by atomic mass is 9.60. The molecular formula is C33H39F3N2O3. The van der Waals surface area contributed by atoms with Crippen molar-refractivity contribution >= 4 is 18.0 Å². The van der Waals surface area contributed by atoms with Gasteiger partial charge in [-0.2, -0.15) is 13.2 Å². The lowest BCUT2D eigenvalue weighted by Crippen LogP contribution is -2.67. The highest BCUT2D eigenvalue weighted by Gasteiger charge is 2.61. The highest BCUT2D eigenvalue weighted by molar-refractivity contribution is 5.89. The Morgan fingerprint density at radius 3 is 2.22 bits per heavy atom. The summed E-state index contributed by atoms with van der Waals surface area (Å²) in [5.41, 5.74) is 3.12. The Bertz CT molecular complexity index is 1280.